The molecule has 36 heavy (non-hydrogen) atoms. The molecule has 0 unspecified atom stereocenters. The Morgan fingerprint density at radius 1 is 1.11 bits per heavy atom. The predicted octanol–water partition coefficient (Wildman–Crippen LogP) is 7.16. The van der Waals surface area contributed by atoms with E-state index in [1.54, 1.807) is 13.3 Å². The zero-order valence-corrected chi connectivity index (χ0v) is 22.9. The average Bonchev–Trinajstić information content (AvgIpc) is 3.16. The van der Waals surface area contributed by atoms with E-state index in [0.717, 1.165) is 64.4 Å². The summed E-state index contributed by atoms with van der Waals surface area (Å²) in [7, 11) is 1.65. The van der Waals surface area contributed by atoms with Gasteiger partial charge in [-0.2, -0.15) is 9.78 Å². The van der Waals surface area contributed by atoms with Gasteiger partial charge >= 0.3 is 0 Å². The van der Waals surface area contributed by atoms with Gasteiger partial charge in [-0.1, -0.05) is 46.8 Å². The van der Waals surface area contributed by atoms with E-state index in [1.807, 2.05) is 50.2 Å². The Hall–Kier alpha value is -2.90. The van der Waals surface area contributed by atoms with Crippen molar-refractivity contribution in [2.24, 2.45) is 5.10 Å². The number of hydrogen-bond donors (Lipinski definition) is 0. The molecule has 6 nitrogen and oxygen atoms in total. The van der Waals surface area contributed by atoms with E-state index in [4.69, 9.17) is 26.4 Å². The van der Waals surface area contributed by atoms with Crippen LogP contribution in [0.5, 0.6) is 5.75 Å². The molecule has 2 aromatic heterocycles. The van der Waals surface area contributed by atoms with Crippen molar-refractivity contribution in [3.8, 4) is 11.4 Å². The molecule has 1 aliphatic carbocycles. The average molecular weight is 568 g/mol. The summed E-state index contributed by atoms with van der Waals surface area (Å²) in [5.41, 5.74) is 4.31. The number of halogens is 2. The van der Waals surface area contributed by atoms with Crippen molar-refractivity contribution in [2.45, 2.75) is 51.9 Å². The van der Waals surface area contributed by atoms with Crippen LogP contribution in [0.4, 0.5) is 0 Å². The Balaban J connectivity index is 1.63. The first-order valence-electron chi connectivity index (χ1n) is 12.2. The Bertz CT molecular complexity index is 1530. The fraction of sp³-hybridized carbons (Fsp3) is 0.321. The van der Waals surface area contributed by atoms with E-state index in [9.17, 15) is 4.79 Å². The van der Waals surface area contributed by atoms with Crippen LogP contribution in [-0.2, 0) is 0 Å². The number of hydrogen-bond acceptors (Lipinski definition) is 4. The van der Waals surface area contributed by atoms with Crippen LogP contribution in [0.15, 0.2) is 56.8 Å². The van der Waals surface area contributed by atoms with Gasteiger partial charge < -0.3 is 9.30 Å². The molecule has 0 N–H and O–H groups in total. The maximum absolute atomic E-state index is 13.6. The fourth-order valence-corrected chi connectivity index (χ4v) is 5.68. The molecule has 186 valence electrons. The van der Waals surface area contributed by atoms with E-state index < -0.39 is 0 Å². The maximum Gasteiger partial charge on any atom is 0.282 e. The third-order valence-corrected chi connectivity index (χ3v) is 7.70. The number of aryl methyl sites for hydroxylation is 1. The van der Waals surface area contributed by atoms with Gasteiger partial charge in [-0.15, -0.1) is 0 Å². The Kier molecular flexibility index (Phi) is 7.04. The number of ether oxygens (including phenoxy) is 1. The van der Waals surface area contributed by atoms with Crippen molar-refractivity contribution in [2.75, 3.05) is 7.11 Å². The van der Waals surface area contributed by atoms with Gasteiger partial charge in [0.1, 0.15) is 11.6 Å². The molecule has 2 heterocycles. The number of fused-ring (bicyclic) bond motifs is 1. The number of methoxy groups -OCH3 is 1. The first-order valence-corrected chi connectivity index (χ1v) is 13.3. The molecule has 0 radical (unpaired) electrons. The van der Waals surface area contributed by atoms with Crippen molar-refractivity contribution in [1.29, 1.82) is 0 Å². The van der Waals surface area contributed by atoms with Gasteiger partial charge in [0.05, 0.1) is 29.9 Å². The molecule has 1 fully saturated rings. The molecule has 0 amide bonds. The number of benzene rings is 2. The molecule has 0 atom stereocenters. The van der Waals surface area contributed by atoms with Gasteiger partial charge in [0, 0.05) is 32.4 Å². The minimum absolute atomic E-state index is 0.150. The molecule has 5 rings (SSSR count). The first kappa shape index (κ1) is 24.8. The minimum atomic E-state index is -0.150. The summed E-state index contributed by atoms with van der Waals surface area (Å²) >= 11 is 9.78. The number of nitrogens with zero attached hydrogens (tertiary/aromatic N) is 4. The number of rotatable bonds is 5. The molecule has 1 saturated carbocycles. The molecule has 0 aliphatic heterocycles. The summed E-state index contributed by atoms with van der Waals surface area (Å²) in [5.74, 6) is 1.70. The molecular weight excluding hydrogens is 540 g/mol. The third kappa shape index (κ3) is 4.62. The largest absolute Gasteiger partial charge is 0.495 e. The highest BCUT2D eigenvalue weighted by atomic mass is 79.9. The molecule has 1 aliphatic rings. The lowest BCUT2D eigenvalue weighted by Crippen LogP contribution is -2.25. The lowest BCUT2D eigenvalue weighted by Gasteiger charge is -2.22. The lowest BCUT2D eigenvalue weighted by molar-refractivity contribution is 0.412. The van der Waals surface area contributed by atoms with Crippen LogP contribution in [0.25, 0.3) is 16.6 Å². The molecule has 2 aromatic carbocycles. The van der Waals surface area contributed by atoms with E-state index in [2.05, 4.69) is 26.6 Å². The van der Waals surface area contributed by atoms with E-state index >= 15 is 0 Å². The molecule has 4 aromatic rings. The lowest BCUT2D eigenvalue weighted by atomic mass is 9.88. The highest BCUT2D eigenvalue weighted by molar-refractivity contribution is 9.10. The summed E-state index contributed by atoms with van der Waals surface area (Å²) in [6, 6.07) is 13.2. The third-order valence-electron chi connectivity index (χ3n) is 6.97. The monoisotopic (exact) mass is 566 g/mol. The van der Waals surface area contributed by atoms with Gasteiger partial charge in [-0.25, -0.2) is 4.98 Å². The van der Waals surface area contributed by atoms with E-state index in [-0.39, 0.29) is 11.5 Å². The van der Waals surface area contributed by atoms with Crippen LogP contribution in [0.2, 0.25) is 5.02 Å². The van der Waals surface area contributed by atoms with Crippen LogP contribution in [0.1, 0.15) is 60.8 Å². The summed E-state index contributed by atoms with van der Waals surface area (Å²) in [6.07, 6.45) is 7.31. The Morgan fingerprint density at radius 3 is 2.64 bits per heavy atom. The van der Waals surface area contributed by atoms with Gasteiger partial charge in [-0.05, 0) is 69.2 Å². The molecule has 0 saturated heterocycles. The van der Waals surface area contributed by atoms with Crippen molar-refractivity contribution in [3.05, 3.63) is 85.1 Å². The van der Waals surface area contributed by atoms with Crippen LogP contribution < -0.4 is 10.3 Å². The second-order valence-corrected chi connectivity index (χ2v) is 10.7. The summed E-state index contributed by atoms with van der Waals surface area (Å²) < 4.78 is 10.0. The second-order valence-electron chi connectivity index (χ2n) is 9.31. The van der Waals surface area contributed by atoms with Crippen molar-refractivity contribution in [1.82, 2.24) is 14.2 Å². The molecule has 8 heteroatoms. The van der Waals surface area contributed by atoms with Crippen molar-refractivity contribution >= 4 is 44.6 Å². The van der Waals surface area contributed by atoms with E-state index in [1.165, 1.54) is 11.1 Å². The highest BCUT2D eigenvalue weighted by Gasteiger charge is 2.23. The van der Waals surface area contributed by atoms with Crippen LogP contribution in [-0.4, -0.2) is 27.6 Å². The predicted molar refractivity (Wildman–Crippen MR) is 149 cm³/mol. The summed E-state index contributed by atoms with van der Waals surface area (Å²) in [4.78, 5) is 18.5. The smallest absolute Gasteiger partial charge is 0.282 e. The molecular formula is C28H28BrClN4O2. The quantitative estimate of drug-likeness (QED) is 0.240. The minimum Gasteiger partial charge on any atom is -0.495 e. The number of aromatic nitrogens is 3. The summed E-state index contributed by atoms with van der Waals surface area (Å²) in [5, 5.41) is 5.91. The Morgan fingerprint density at radius 2 is 1.89 bits per heavy atom. The van der Waals surface area contributed by atoms with Crippen LogP contribution in [0, 0.1) is 13.8 Å². The molecule has 0 bridgehead atoms. The van der Waals surface area contributed by atoms with Crippen molar-refractivity contribution in [3.63, 3.8) is 0 Å². The molecule has 0 spiro atoms. The fourth-order valence-electron chi connectivity index (χ4n) is 5.15. The highest BCUT2D eigenvalue weighted by Crippen LogP contribution is 2.33. The van der Waals surface area contributed by atoms with Crippen molar-refractivity contribution < 1.29 is 4.74 Å². The topological polar surface area (TPSA) is 61.4 Å². The first-order chi connectivity index (χ1) is 17.4. The summed E-state index contributed by atoms with van der Waals surface area (Å²) in [6.45, 7) is 4.05. The Labute approximate surface area is 223 Å². The van der Waals surface area contributed by atoms with Gasteiger partial charge in [0.2, 0.25) is 0 Å². The standard InChI is InChI=1S/C28H28BrClN4O2/c1-17-13-20(18(2)33(17)25-15-22(30)10-12-26(25)36-3)16-31-34-27(19-7-5-4-6-8-19)32-24-11-9-21(29)14-23(24)28(34)35/h9-16,19H,4-8H2,1-3H3. The van der Waals surface area contributed by atoms with E-state index in [0.29, 0.717) is 15.9 Å². The van der Waals surface area contributed by atoms with Crippen LogP contribution >= 0.6 is 27.5 Å². The van der Waals surface area contributed by atoms with Gasteiger partial charge in [0.25, 0.3) is 5.56 Å². The second kappa shape index (κ2) is 10.2. The SMILES string of the molecule is COc1ccc(Cl)cc1-n1c(C)cc(C=Nn2c(C3CCCCC3)nc3ccc(Br)cc3c2=O)c1C. The maximum atomic E-state index is 13.6. The van der Waals surface area contributed by atoms with Gasteiger partial charge in [-0.3, -0.25) is 4.79 Å². The van der Waals surface area contributed by atoms with Gasteiger partial charge in [0.15, 0.2) is 0 Å². The zero-order valence-electron chi connectivity index (χ0n) is 20.6. The zero-order chi connectivity index (χ0) is 25.4. The van der Waals surface area contributed by atoms with Crippen LogP contribution in [0.3, 0.4) is 0 Å². The normalized spacial score (nSPS) is 14.7.